The zero-order valence-corrected chi connectivity index (χ0v) is 16.5. The Morgan fingerprint density at radius 2 is 1.83 bits per heavy atom. The number of fused-ring (bicyclic) bond motifs is 1. The summed E-state index contributed by atoms with van der Waals surface area (Å²) in [5, 5.41) is 7.50. The molecule has 1 N–H and O–H groups in total. The fraction of sp³-hybridized carbons (Fsp3) is 0.368. The van der Waals surface area contributed by atoms with E-state index in [4.69, 9.17) is 0 Å². The van der Waals surface area contributed by atoms with Crippen molar-refractivity contribution in [1.82, 2.24) is 34.8 Å². The molecule has 0 bridgehead atoms. The number of piperazine rings is 1. The normalized spacial score (nSPS) is 14.5. The van der Waals surface area contributed by atoms with Crippen molar-refractivity contribution in [2.24, 2.45) is 5.92 Å². The van der Waals surface area contributed by atoms with Gasteiger partial charge in [0.2, 0.25) is 5.91 Å². The zero-order valence-electron chi connectivity index (χ0n) is 16.5. The number of pyridine rings is 1. The van der Waals surface area contributed by atoms with Crippen molar-refractivity contribution in [2.45, 2.75) is 13.8 Å². The number of aromatic nitrogens is 5. The molecule has 4 rings (SSSR count). The second-order valence-corrected chi connectivity index (χ2v) is 7.33. The molecular weight excluding hydrogens is 393 g/mol. The number of H-pyrrole nitrogens is 1. The minimum absolute atomic E-state index is 0.0141. The van der Waals surface area contributed by atoms with E-state index < -0.39 is 17.5 Å². The highest BCUT2D eigenvalue weighted by Gasteiger charge is 2.31. The number of hydrogen-bond acceptors (Lipinski definition) is 6. The van der Waals surface area contributed by atoms with Gasteiger partial charge in [0.25, 0.3) is 11.7 Å². The third kappa shape index (κ3) is 3.31. The summed E-state index contributed by atoms with van der Waals surface area (Å²) >= 11 is 0. The van der Waals surface area contributed by atoms with Gasteiger partial charge in [0.1, 0.15) is 0 Å². The second kappa shape index (κ2) is 7.65. The molecule has 3 aromatic heterocycles. The van der Waals surface area contributed by atoms with Gasteiger partial charge in [0.15, 0.2) is 11.6 Å². The third-order valence-corrected chi connectivity index (χ3v) is 5.09. The van der Waals surface area contributed by atoms with Gasteiger partial charge in [0.05, 0.1) is 35.1 Å². The smallest absolute Gasteiger partial charge is 0.295 e. The largest absolute Gasteiger partial charge is 0.357 e. The van der Waals surface area contributed by atoms with Crippen molar-refractivity contribution in [3.63, 3.8) is 0 Å². The molecule has 0 saturated carbocycles. The van der Waals surface area contributed by atoms with Crippen molar-refractivity contribution in [2.75, 3.05) is 26.2 Å². The standard InChI is InChI=1S/C19H20FN7O3/c1-11(2)18(29)25-5-7-26(8-6-25)19(30)16(28)12-9-21-15-14(12)13(20)10-22-17(15)27-4-3-23-24-27/h3-4,9-11,21H,5-8H2,1-2H3. The molecule has 30 heavy (non-hydrogen) atoms. The van der Waals surface area contributed by atoms with Crippen LogP contribution in [0.5, 0.6) is 0 Å². The van der Waals surface area contributed by atoms with Gasteiger partial charge < -0.3 is 14.8 Å². The highest BCUT2D eigenvalue weighted by Crippen LogP contribution is 2.26. The highest BCUT2D eigenvalue weighted by atomic mass is 19.1. The van der Waals surface area contributed by atoms with Crippen LogP contribution in [0.2, 0.25) is 0 Å². The highest BCUT2D eigenvalue weighted by molar-refractivity contribution is 6.45. The Bertz CT molecular complexity index is 1110. The maximum Gasteiger partial charge on any atom is 0.295 e. The molecule has 1 aliphatic heterocycles. The van der Waals surface area contributed by atoms with Crippen LogP contribution in [-0.4, -0.2) is 78.5 Å². The van der Waals surface area contributed by atoms with Gasteiger partial charge in [-0.15, -0.1) is 5.10 Å². The van der Waals surface area contributed by atoms with Crippen LogP contribution < -0.4 is 0 Å². The van der Waals surface area contributed by atoms with Crippen molar-refractivity contribution in [3.05, 3.63) is 36.2 Å². The molecule has 0 spiro atoms. The maximum atomic E-state index is 14.5. The number of rotatable bonds is 4. The Morgan fingerprint density at radius 3 is 2.47 bits per heavy atom. The number of carbonyl (C=O) groups is 3. The summed E-state index contributed by atoms with van der Waals surface area (Å²) in [4.78, 5) is 47.6. The molecule has 1 aliphatic rings. The molecule has 0 unspecified atom stereocenters. The minimum atomic E-state index is -0.820. The van der Waals surface area contributed by atoms with Crippen LogP contribution in [0.15, 0.2) is 24.8 Å². The number of aromatic amines is 1. The number of Topliss-reactive ketones (excluding diaryl/α,β-unsaturated/α-hetero) is 1. The fourth-order valence-electron chi connectivity index (χ4n) is 3.52. The van der Waals surface area contributed by atoms with E-state index in [1.807, 2.05) is 13.8 Å². The Morgan fingerprint density at radius 1 is 1.13 bits per heavy atom. The number of halogens is 1. The first kappa shape index (κ1) is 19.7. The minimum Gasteiger partial charge on any atom is -0.357 e. The molecular formula is C19H20FN7O3. The van der Waals surface area contributed by atoms with Crippen LogP contribution in [0.3, 0.4) is 0 Å². The SMILES string of the molecule is CC(C)C(=O)N1CCN(C(=O)C(=O)c2c[nH]c3c(-n4ccnn4)ncc(F)c23)CC1. The van der Waals surface area contributed by atoms with Gasteiger partial charge in [-0.3, -0.25) is 14.4 Å². The van der Waals surface area contributed by atoms with Crippen molar-refractivity contribution in [1.29, 1.82) is 0 Å². The number of carbonyl (C=O) groups excluding carboxylic acids is 3. The number of nitrogens with zero attached hydrogens (tertiary/aromatic N) is 6. The number of amides is 2. The Labute approximate surface area is 170 Å². The van der Waals surface area contributed by atoms with Crippen molar-refractivity contribution >= 4 is 28.5 Å². The van der Waals surface area contributed by atoms with E-state index in [2.05, 4.69) is 20.3 Å². The van der Waals surface area contributed by atoms with Crippen LogP contribution in [0.1, 0.15) is 24.2 Å². The van der Waals surface area contributed by atoms with Crippen LogP contribution in [0.4, 0.5) is 4.39 Å². The first-order valence-electron chi connectivity index (χ1n) is 9.53. The molecule has 0 atom stereocenters. The monoisotopic (exact) mass is 413 g/mol. The van der Waals surface area contributed by atoms with Gasteiger partial charge in [-0.1, -0.05) is 19.1 Å². The second-order valence-electron chi connectivity index (χ2n) is 7.33. The lowest BCUT2D eigenvalue weighted by molar-refractivity contribution is -0.139. The topological polar surface area (TPSA) is 117 Å². The Hall–Kier alpha value is -3.63. The fourth-order valence-corrected chi connectivity index (χ4v) is 3.52. The predicted octanol–water partition coefficient (Wildman–Crippen LogP) is 0.792. The maximum absolute atomic E-state index is 14.5. The third-order valence-electron chi connectivity index (χ3n) is 5.09. The molecule has 0 radical (unpaired) electrons. The molecule has 1 saturated heterocycles. The van der Waals surface area contributed by atoms with E-state index >= 15 is 0 Å². The molecule has 1 fully saturated rings. The summed E-state index contributed by atoms with van der Waals surface area (Å²) in [6.45, 7) is 4.85. The van der Waals surface area contributed by atoms with Crippen LogP contribution in [0, 0.1) is 11.7 Å². The average Bonchev–Trinajstić information content (AvgIpc) is 3.43. The molecule has 10 nitrogen and oxygen atoms in total. The van der Waals surface area contributed by atoms with Crippen LogP contribution in [-0.2, 0) is 9.59 Å². The molecule has 0 aliphatic carbocycles. The zero-order chi connectivity index (χ0) is 21.4. The number of ketones is 1. The average molecular weight is 413 g/mol. The lowest BCUT2D eigenvalue weighted by atomic mass is 10.1. The summed E-state index contributed by atoms with van der Waals surface area (Å²) in [6, 6.07) is 0. The van der Waals surface area contributed by atoms with E-state index in [1.165, 1.54) is 28.2 Å². The molecule has 156 valence electrons. The Balaban J connectivity index is 1.58. The summed E-state index contributed by atoms with van der Waals surface area (Å²) in [6.07, 6.45) is 5.25. The lowest BCUT2D eigenvalue weighted by Gasteiger charge is -2.35. The molecule has 2 amide bonds. The predicted molar refractivity (Wildman–Crippen MR) is 103 cm³/mol. The number of hydrogen-bond donors (Lipinski definition) is 1. The first-order chi connectivity index (χ1) is 14.4. The van der Waals surface area contributed by atoms with Gasteiger partial charge in [-0.05, 0) is 0 Å². The van der Waals surface area contributed by atoms with Gasteiger partial charge in [-0.2, -0.15) is 0 Å². The molecule has 11 heteroatoms. The summed E-state index contributed by atoms with van der Waals surface area (Å²) < 4.78 is 15.9. The lowest BCUT2D eigenvalue weighted by Crippen LogP contribution is -2.52. The molecule has 4 heterocycles. The van der Waals surface area contributed by atoms with E-state index in [0.717, 1.165) is 6.20 Å². The number of nitrogens with one attached hydrogen (secondary N) is 1. The van der Waals surface area contributed by atoms with Crippen molar-refractivity contribution in [3.8, 4) is 5.82 Å². The van der Waals surface area contributed by atoms with Crippen LogP contribution in [0.25, 0.3) is 16.7 Å². The van der Waals surface area contributed by atoms with Crippen molar-refractivity contribution < 1.29 is 18.8 Å². The molecule has 3 aromatic rings. The van der Waals surface area contributed by atoms with Crippen LogP contribution >= 0.6 is 0 Å². The molecule has 0 aromatic carbocycles. The van der Waals surface area contributed by atoms with Gasteiger partial charge in [-0.25, -0.2) is 14.1 Å². The van der Waals surface area contributed by atoms with E-state index in [1.54, 1.807) is 4.90 Å². The van der Waals surface area contributed by atoms with E-state index in [0.29, 0.717) is 13.1 Å². The first-order valence-corrected chi connectivity index (χ1v) is 9.53. The van der Waals surface area contributed by atoms with Gasteiger partial charge in [0, 0.05) is 38.3 Å². The summed E-state index contributed by atoms with van der Waals surface area (Å²) in [5.41, 5.74) is 0.168. The summed E-state index contributed by atoms with van der Waals surface area (Å²) in [7, 11) is 0. The quantitative estimate of drug-likeness (QED) is 0.499. The van der Waals surface area contributed by atoms with E-state index in [9.17, 15) is 18.8 Å². The summed E-state index contributed by atoms with van der Waals surface area (Å²) in [5.74, 6) is -2.13. The van der Waals surface area contributed by atoms with E-state index in [-0.39, 0.29) is 47.2 Å². The Kier molecular flexibility index (Phi) is 5.02. The van der Waals surface area contributed by atoms with Gasteiger partial charge >= 0.3 is 0 Å².